The molecule has 0 saturated carbocycles. The van der Waals surface area contributed by atoms with Crippen LogP contribution in [0.15, 0.2) is 0 Å². The lowest BCUT2D eigenvalue weighted by Crippen LogP contribution is -2.38. The van der Waals surface area contributed by atoms with Crippen molar-refractivity contribution in [2.24, 2.45) is 10.8 Å². The van der Waals surface area contributed by atoms with Crippen molar-refractivity contribution in [2.75, 3.05) is 6.54 Å². The van der Waals surface area contributed by atoms with E-state index in [1.165, 1.54) is 0 Å². The molecule has 0 unspecified atom stereocenters. The fraction of sp³-hybridized carbons (Fsp3) is 0.846. The van der Waals surface area contributed by atoms with Gasteiger partial charge in [0.2, 0.25) is 5.91 Å². The molecule has 0 atom stereocenters. The first-order valence-corrected chi connectivity index (χ1v) is 6.05. The second-order valence-corrected chi connectivity index (χ2v) is 6.38. The minimum Gasteiger partial charge on any atom is -0.481 e. The first-order valence-electron chi connectivity index (χ1n) is 6.05. The van der Waals surface area contributed by atoms with E-state index in [0.29, 0.717) is 6.42 Å². The molecule has 0 fully saturated rings. The van der Waals surface area contributed by atoms with E-state index in [1.807, 2.05) is 0 Å². The lowest BCUT2D eigenvalue weighted by molar-refractivity contribution is -0.146. The van der Waals surface area contributed by atoms with Crippen molar-refractivity contribution in [1.82, 2.24) is 5.32 Å². The van der Waals surface area contributed by atoms with Crippen LogP contribution in [0.1, 0.15) is 53.9 Å². The Morgan fingerprint density at radius 1 is 1.12 bits per heavy atom. The lowest BCUT2D eigenvalue weighted by atomic mass is 9.89. The van der Waals surface area contributed by atoms with Gasteiger partial charge in [0.15, 0.2) is 0 Å². The third kappa shape index (κ3) is 7.77. The maximum Gasteiger partial charge on any atom is 0.310 e. The first-order chi connectivity index (χ1) is 7.54. The van der Waals surface area contributed by atoms with Crippen LogP contribution in [-0.2, 0) is 9.59 Å². The smallest absolute Gasteiger partial charge is 0.310 e. The number of rotatable bonds is 6. The largest absolute Gasteiger partial charge is 0.481 e. The molecule has 0 aliphatic rings. The van der Waals surface area contributed by atoms with Crippen molar-refractivity contribution < 1.29 is 14.7 Å². The van der Waals surface area contributed by atoms with Crippen molar-refractivity contribution in [3.63, 3.8) is 0 Å². The molecule has 17 heavy (non-hydrogen) atoms. The molecular weight excluding hydrogens is 218 g/mol. The Morgan fingerprint density at radius 2 is 1.65 bits per heavy atom. The number of nitrogens with one attached hydrogen (secondary N) is 1. The molecule has 0 bridgehead atoms. The van der Waals surface area contributed by atoms with Crippen LogP contribution in [0.2, 0.25) is 0 Å². The fourth-order valence-electron chi connectivity index (χ4n) is 1.26. The molecule has 0 heterocycles. The summed E-state index contributed by atoms with van der Waals surface area (Å²) >= 11 is 0. The van der Waals surface area contributed by atoms with Gasteiger partial charge in [-0.2, -0.15) is 0 Å². The van der Waals surface area contributed by atoms with Crippen LogP contribution < -0.4 is 5.32 Å². The summed E-state index contributed by atoms with van der Waals surface area (Å²) in [6.07, 6.45) is 2.29. The van der Waals surface area contributed by atoms with Gasteiger partial charge in [0, 0.05) is 13.0 Å². The Labute approximate surface area is 104 Å². The van der Waals surface area contributed by atoms with E-state index in [1.54, 1.807) is 13.8 Å². The lowest BCUT2D eigenvalue weighted by Gasteiger charge is -2.20. The molecular formula is C13H25NO3. The quantitative estimate of drug-likeness (QED) is 0.753. The third-order valence-corrected chi connectivity index (χ3v) is 2.64. The fourth-order valence-corrected chi connectivity index (χ4v) is 1.26. The maximum absolute atomic E-state index is 11.5. The number of carboxylic acid groups (broad SMARTS) is 1. The molecule has 0 radical (unpaired) electrons. The highest BCUT2D eigenvalue weighted by molar-refractivity contribution is 5.78. The predicted octanol–water partition coefficient (Wildman–Crippen LogP) is 2.43. The Morgan fingerprint density at radius 3 is 2.06 bits per heavy atom. The van der Waals surface area contributed by atoms with Crippen molar-refractivity contribution in [2.45, 2.75) is 53.9 Å². The van der Waals surface area contributed by atoms with E-state index in [9.17, 15) is 9.59 Å². The van der Waals surface area contributed by atoms with Crippen molar-refractivity contribution >= 4 is 11.9 Å². The number of carbonyl (C=O) groups excluding carboxylic acids is 1. The number of hydrogen-bond donors (Lipinski definition) is 2. The highest BCUT2D eigenvalue weighted by atomic mass is 16.4. The Bertz CT molecular complexity index is 277. The van der Waals surface area contributed by atoms with Crippen molar-refractivity contribution in [3.05, 3.63) is 0 Å². The minimum absolute atomic E-state index is 0.0661. The molecule has 0 aliphatic heterocycles. The van der Waals surface area contributed by atoms with Crippen LogP contribution in [-0.4, -0.2) is 23.5 Å². The monoisotopic (exact) mass is 243 g/mol. The summed E-state index contributed by atoms with van der Waals surface area (Å²) in [5, 5.41) is 11.6. The van der Waals surface area contributed by atoms with Gasteiger partial charge in [0.25, 0.3) is 0 Å². The molecule has 4 nitrogen and oxygen atoms in total. The standard InChI is InChI=1S/C13H25NO3/c1-12(2,3)8-6-7-10(15)14-9-13(4,5)11(16)17/h6-9H2,1-5H3,(H,14,15)(H,16,17). The van der Waals surface area contributed by atoms with Gasteiger partial charge in [-0.05, 0) is 32.1 Å². The van der Waals surface area contributed by atoms with Gasteiger partial charge in [0.05, 0.1) is 5.41 Å². The summed E-state index contributed by atoms with van der Waals surface area (Å²) in [4.78, 5) is 22.3. The van der Waals surface area contributed by atoms with Gasteiger partial charge in [0.1, 0.15) is 0 Å². The van der Waals surface area contributed by atoms with E-state index >= 15 is 0 Å². The highest BCUT2D eigenvalue weighted by Crippen LogP contribution is 2.21. The molecule has 0 aromatic rings. The van der Waals surface area contributed by atoms with Crippen molar-refractivity contribution in [3.8, 4) is 0 Å². The van der Waals surface area contributed by atoms with Crippen LogP contribution in [0.5, 0.6) is 0 Å². The number of aliphatic carboxylic acids is 1. The second kappa shape index (κ2) is 6.03. The first kappa shape index (κ1) is 15.9. The Hall–Kier alpha value is -1.06. The number of amides is 1. The van der Waals surface area contributed by atoms with E-state index < -0.39 is 11.4 Å². The van der Waals surface area contributed by atoms with Crippen LogP contribution in [0.25, 0.3) is 0 Å². The SMILES string of the molecule is CC(C)(C)CCCC(=O)NCC(C)(C)C(=O)O. The van der Waals surface area contributed by atoms with Gasteiger partial charge in [-0.15, -0.1) is 0 Å². The topological polar surface area (TPSA) is 66.4 Å². The molecule has 0 aromatic heterocycles. The normalized spacial score (nSPS) is 12.3. The summed E-state index contributed by atoms with van der Waals surface area (Å²) in [7, 11) is 0. The highest BCUT2D eigenvalue weighted by Gasteiger charge is 2.27. The summed E-state index contributed by atoms with van der Waals surface area (Å²) < 4.78 is 0. The summed E-state index contributed by atoms with van der Waals surface area (Å²) in [5.74, 6) is -0.962. The zero-order valence-corrected chi connectivity index (χ0v) is 11.6. The van der Waals surface area contributed by atoms with E-state index in [4.69, 9.17) is 5.11 Å². The van der Waals surface area contributed by atoms with Gasteiger partial charge in [-0.3, -0.25) is 9.59 Å². The van der Waals surface area contributed by atoms with Gasteiger partial charge in [-0.1, -0.05) is 20.8 Å². The molecule has 0 spiro atoms. The van der Waals surface area contributed by atoms with Crippen LogP contribution in [0.4, 0.5) is 0 Å². The average molecular weight is 243 g/mol. The number of carbonyl (C=O) groups is 2. The summed E-state index contributed by atoms with van der Waals surface area (Å²) in [6, 6.07) is 0. The average Bonchev–Trinajstić information content (AvgIpc) is 2.12. The summed E-state index contributed by atoms with van der Waals surface area (Å²) in [6.45, 7) is 9.79. The molecule has 0 saturated heterocycles. The molecule has 1 amide bonds. The molecule has 4 heteroatoms. The van der Waals surface area contributed by atoms with Gasteiger partial charge in [-0.25, -0.2) is 0 Å². The molecule has 2 N–H and O–H groups in total. The molecule has 0 aliphatic carbocycles. The zero-order chi connectivity index (χ0) is 13.7. The van der Waals surface area contributed by atoms with Crippen LogP contribution >= 0.6 is 0 Å². The maximum atomic E-state index is 11.5. The molecule has 0 aromatic carbocycles. The Kier molecular flexibility index (Phi) is 5.66. The van der Waals surface area contributed by atoms with Gasteiger partial charge >= 0.3 is 5.97 Å². The van der Waals surface area contributed by atoms with E-state index in [2.05, 4.69) is 26.1 Å². The molecule has 100 valence electrons. The van der Waals surface area contributed by atoms with E-state index in [0.717, 1.165) is 12.8 Å². The summed E-state index contributed by atoms with van der Waals surface area (Å²) in [5.41, 5.74) is -0.666. The third-order valence-electron chi connectivity index (χ3n) is 2.64. The second-order valence-electron chi connectivity index (χ2n) is 6.38. The Balaban J connectivity index is 3.86. The van der Waals surface area contributed by atoms with Crippen LogP contribution in [0.3, 0.4) is 0 Å². The van der Waals surface area contributed by atoms with Crippen molar-refractivity contribution in [1.29, 1.82) is 0 Å². The minimum atomic E-state index is -0.903. The molecule has 0 rings (SSSR count). The van der Waals surface area contributed by atoms with E-state index in [-0.39, 0.29) is 17.9 Å². The number of hydrogen-bond acceptors (Lipinski definition) is 2. The predicted molar refractivity (Wildman–Crippen MR) is 67.7 cm³/mol. The zero-order valence-electron chi connectivity index (χ0n) is 11.6. The van der Waals surface area contributed by atoms with Gasteiger partial charge < -0.3 is 10.4 Å². The number of carboxylic acids is 1. The van der Waals surface area contributed by atoms with Crippen LogP contribution in [0, 0.1) is 10.8 Å².